The van der Waals surface area contributed by atoms with E-state index in [9.17, 15) is 0 Å². The maximum Gasteiger partial charge on any atom is 0.148 e. The Balaban J connectivity index is 1.50. The van der Waals surface area contributed by atoms with E-state index in [1.165, 1.54) is 25.9 Å². The highest BCUT2D eigenvalue weighted by atomic mass is 35.5. The summed E-state index contributed by atoms with van der Waals surface area (Å²) >= 11 is 6.04. The first-order chi connectivity index (χ1) is 11.2. The van der Waals surface area contributed by atoms with Crippen molar-refractivity contribution in [3.63, 3.8) is 0 Å². The molecule has 23 heavy (non-hydrogen) atoms. The highest BCUT2D eigenvalue weighted by molar-refractivity contribution is 6.30. The quantitative estimate of drug-likeness (QED) is 0.933. The van der Waals surface area contributed by atoms with Crippen LogP contribution in [0.5, 0.6) is 0 Å². The highest BCUT2D eigenvalue weighted by Gasteiger charge is 2.39. The van der Waals surface area contributed by atoms with Gasteiger partial charge in [0, 0.05) is 22.7 Å². The molecule has 3 fully saturated rings. The van der Waals surface area contributed by atoms with Gasteiger partial charge in [0.15, 0.2) is 0 Å². The Morgan fingerprint density at radius 2 is 1.96 bits per heavy atom. The molecule has 5 heteroatoms. The minimum absolute atomic E-state index is 0.476. The first-order valence-electron chi connectivity index (χ1n) is 8.31. The fourth-order valence-electron chi connectivity index (χ4n) is 3.93. The summed E-state index contributed by atoms with van der Waals surface area (Å²) in [6.07, 6.45) is 2.58. The Hall–Kier alpha value is -1.65. The number of halogens is 1. The zero-order valence-corrected chi connectivity index (χ0v) is 14.0. The lowest BCUT2D eigenvalue weighted by Gasteiger charge is -2.50. The third-order valence-electron chi connectivity index (χ3n) is 5.28. The second-order valence-corrected chi connectivity index (χ2v) is 7.03. The van der Waals surface area contributed by atoms with E-state index in [0.717, 1.165) is 23.0 Å². The van der Waals surface area contributed by atoms with Crippen LogP contribution in [-0.4, -0.2) is 40.3 Å². The van der Waals surface area contributed by atoms with E-state index in [4.69, 9.17) is 11.6 Å². The summed E-state index contributed by atoms with van der Waals surface area (Å²) in [6, 6.07) is 12.8. The van der Waals surface area contributed by atoms with Crippen molar-refractivity contribution in [1.29, 1.82) is 0 Å². The number of nitrogens with zero attached hydrogens (tertiary/aromatic N) is 3. The number of aromatic nitrogens is 2. The largest absolute Gasteiger partial charge is 0.364 e. The molecule has 120 valence electrons. The first-order valence-corrected chi connectivity index (χ1v) is 8.69. The molecule has 0 aliphatic carbocycles. The molecular formula is C18H21ClN4. The van der Waals surface area contributed by atoms with E-state index in [1.807, 2.05) is 36.4 Å². The van der Waals surface area contributed by atoms with E-state index >= 15 is 0 Å². The number of rotatable bonds is 3. The molecule has 0 amide bonds. The fraction of sp³-hybridized carbons (Fsp3) is 0.444. The van der Waals surface area contributed by atoms with Gasteiger partial charge in [-0.25, -0.2) is 0 Å². The smallest absolute Gasteiger partial charge is 0.148 e. The SMILES string of the molecule is C[C@@H]1[C@@H](Nc2ccc(-c3cccc(Cl)c3)nn2)C2CCN1CC2. The number of benzene rings is 1. The molecule has 4 nitrogen and oxygen atoms in total. The normalized spacial score (nSPS) is 29.5. The Morgan fingerprint density at radius 3 is 2.61 bits per heavy atom. The Morgan fingerprint density at radius 1 is 1.13 bits per heavy atom. The lowest BCUT2D eigenvalue weighted by atomic mass is 9.79. The van der Waals surface area contributed by atoms with Crippen molar-refractivity contribution in [3.05, 3.63) is 41.4 Å². The molecule has 3 aliphatic rings. The number of anilines is 1. The lowest BCUT2D eigenvalue weighted by Crippen LogP contribution is -2.59. The number of hydrogen-bond donors (Lipinski definition) is 1. The average Bonchev–Trinajstić information content (AvgIpc) is 2.59. The van der Waals surface area contributed by atoms with Crippen LogP contribution in [0.2, 0.25) is 5.02 Å². The number of piperidine rings is 3. The van der Waals surface area contributed by atoms with Gasteiger partial charge in [-0.05, 0) is 63.0 Å². The molecular weight excluding hydrogens is 308 g/mol. The predicted octanol–water partition coefficient (Wildman–Crippen LogP) is 3.69. The van der Waals surface area contributed by atoms with Gasteiger partial charge in [-0.15, -0.1) is 10.2 Å². The molecule has 0 saturated carbocycles. The van der Waals surface area contributed by atoms with Crippen LogP contribution in [0, 0.1) is 5.92 Å². The van der Waals surface area contributed by atoms with Crippen molar-refractivity contribution < 1.29 is 0 Å². The van der Waals surface area contributed by atoms with Crippen LogP contribution in [0.15, 0.2) is 36.4 Å². The van der Waals surface area contributed by atoms with Crippen LogP contribution in [0.3, 0.4) is 0 Å². The van der Waals surface area contributed by atoms with Crippen molar-refractivity contribution in [3.8, 4) is 11.3 Å². The summed E-state index contributed by atoms with van der Waals surface area (Å²) < 4.78 is 0. The summed E-state index contributed by atoms with van der Waals surface area (Å²) in [7, 11) is 0. The average molecular weight is 329 g/mol. The second-order valence-electron chi connectivity index (χ2n) is 6.60. The summed E-state index contributed by atoms with van der Waals surface area (Å²) in [5, 5.41) is 13.1. The van der Waals surface area contributed by atoms with Crippen LogP contribution in [-0.2, 0) is 0 Å². The number of nitrogens with one attached hydrogen (secondary N) is 1. The summed E-state index contributed by atoms with van der Waals surface area (Å²) in [6.45, 7) is 4.80. The standard InChI is InChI=1S/C18H21ClN4/c1-12-18(13-7-9-23(12)10-8-13)20-17-6-5-16(21-22-17)14-3-2-4-15(19)11-14/h2-6,11-13,18H,7-10H2,1H3,(H,20,22)/t12-,18-/m1/s1. The molecule has 3 saturated heterocycles. The first kappa shape index (κ1) is 14.9. The summed E-state index contributed by atoms with van der Waals surface area (Å²) in [5.74, 6) is 1.62. The minimum Gasteiger partial charge on any atom is -0.364 e. The summed E-state index contributed by atoms with van der Waals surface area (Å²) in [5.41, 5.74) is 1.84. The Kier molecular flexibility index (Phi) is 3.95. The Labute approximate surface area is 141 Å². The molecule has 3 aliphatic heterocycles. The lowest BCUT2D eigenvalue weighted by molar-refractivity contribution is 0.0457. The molecule has 0 spiro atoms. The molecule has 2 bridgehead atoms. The zero-order valence-electron chi connectivity index (χ0n) is 13.2. The van der Waals surface area contributed by atoms with Gasteiger partial charge in [0.25, 0.3) is 0 Å². The highest BCUT2D eigenvalue weighted by Crippen LogP contribution is 2.33. The van der Waals surface area contributed by atoms with Crippen LogP contribution in [0.4, 0.5) is 5.82 Å². The van der Waals surface area contributed by atoms with E-state index in [-0.39, 0.29) is 0 Å². The van der Waals surface area contributed by atoms with Crippen molar-refractivity contribution in [2.24, 2.45) is 5.92 Å². The van der Waals surface area contributed by atoms with Crippen molar-refractivity contribution in [2.75, 3.05) is 18.4 Å². The molecule has 0 unspecified atom stereocenters. The van der Waals surface area contributed by atoms with Gasteiger partial charge in [0.2, 0.25) is 0 Å². The van der Waals surface area contributed by atoms with E-state index in [0.29, 0.717) is 17.1 Å². The monoisotopic (exact) mass is 328 g/mol. The van der Waals surface area contributed by atoms with E-state index in [1.54, 1.807) is 0 Å². The van der Waals surface area contributed by atoms with E-state index in [2.05, 4.69) is 27.3 Å². The molecule has 1 aromatic carbocycles. The molecule has 5 rings (SSSR count). The van der Waals surface area contributed by atoms with Gasteiger partial charge in [-0.2, -0.15) is 0 Å². The summed E-state index contributed by atoms with van der Waals surface area (Å²) in [4.78, 5) is 2.57. The Bertz CT molecular complexity index is 678. The maximum atomic E-state index is 6.04. The maximum absolute atomic E-state index is 6.04. The molecule has 2 aromatic rings. The third kappa shape index (κ3) is 2.93. The molecule has 1 aromatic heterocycles. The molecule has 2 atom stereocenters. The molecule has 0 radical (unpaired) electrons. The predicted molar refractivity (Wildman–Crippen MR) is 93.6 cm³/mol. The van der Waals surface area contributed by atoms with Gasteiger partial charge in [0.05, 0.1) is 5.69 Å². The van der Waals surface area contributed by atoms with Gasteiger partial charge >= 0.3 is 0 Å². The van der Waals surface area contributed by atoms with Gasteiger partial charge < -0.3 is 5.32 Å². The number of hydrogen-bond acceptors (Lipinski definition) is 4. The van der Waals surface area contributed by atoms with Crippen LogP contribution in [0.1, 0.15) is 19.8 Å². The second kappa shape index (κ2) is 6.10. The van der Waals surface area contributed by atoms with Crippen LogP contribution < -0.4 is 5.32 Å². The van der Waals surface area contributed by atoms with Gasteiger partial charge in [-0.1, -0.05) is 23.7 Å². The van der Waals surface area contributed by atoms with Crippen molar-refractivity contribution in [2.45, 2.75) is 31.8 Å². The third-order valence-corrected chi connectivity index (χ3v) is 5.51. The molecule has 4 heterocycles. The van der Waals surface area contributed by atoms with Crippen molar-refractivity contribution >= 4 is 17.4 Å². The topological polar surface area (TPSA) is 41.1 Å². The van der Waals surface area contributed by atoms with Crippen LogP contribution in [0.25, 0.3) is 11.3 Å². The fourth-order valence-corrected chi connectivity index (χ4v) is 4.12. The number of fused-ring (bicyclic) bond motifs is 3. The molecule has 1 N–H and O–H groups in total. The van der Waals surface area contributed by atoms with Gasteiger partial charge in [-0.3, -0.25) is 4.90 Å². The zero-order chi connectivity index (χ0) is 15.8. The van der Waals surface area contributed by atoms with Crippen LogP contribution >= 0.6 is 11.6 Å². The van der Waals surface area contributed by atoms with Gasteiger partial charge in [0.1, 0.15) is 5.82 Å². The van der Waals surface area contributed by atoms with Crippen molar-refractivity contribution in [1.82, 2.24) is 15.1 Å². The minimum atomic E-state index is 0.476. The van der Waals surface area contributed by atoms with E-state index < -0.39 is 0 Å².